The van der Waals surface area contributed by atoms with Crippen LogP contribution in [0.1, 0.15) is 104 Å². The average molecular weight is 383 g/mol. The molecule has 3 heteroatoms. The highest BCUT2D eigenvalue weighted by Crippen LogP contribution is 2.25. The van der Waals surface area contributed by atoms with Gasteiger partial charge in [-0.3, -0.25) is 0 Å². The number of methoxy groups -OCH3 is 1. The van der Waals surface area contributed by atoms with Crippen LogP contribution in [0.3, 0.4) is 0 Å². The van der Waals surface area contributed by atoms with Crippen molar-refractivity contribution < 1.29 is 4.74 Å². The van der Waals surface area contributed by atoms with Gasteiger partial charge in [0.25, 0.3) is 0 Å². The molecular weight excluding hydrogens is 332 g/mol. The molecule has 3 N–H and O–H groups in total. The Labute approximate surface area is 170 Å². The normalized spacial score (nSPS) is 36.7. The molecule has 3 fully saturated rings. The molecule has 0 bridgehead atoms. The fourth-order valence-corrected chi connectivity index (χ4v) is 4.61. The van der Waals surface area contributed by atoms with Gasteiger partial charge >= 0.3 is 0 Å². The summed E-state index contributed by atoms with van der Waals surface area (Å²) >= 11 is 0. The van der Waals surface area contributed by atoms with Crippen LogP contribution in [-0.2, 0) is 4.74 Å². The number of nitrogens with one attached hydrogen (secondary N) is 1. The Morgan fingerprint density at radius 2 is 1.26 bits per heavy atom. The number of hydrogen-bond acceptors (Lipinski definition) is 3. The van der Waals surface area contributed by atoms with E-state index in [0.717, 1.165) is 23.8 Å². The van der Waals surface area contributed by atoms with Crippen molar-refractivity contribution in [2.75, 3.05) is 14.2 Å². The molecule has 0 atom stereocenters. The average Bonchev–Trinajstić information content (AvgIpc) is 2.71. The van der Waals surface area contributed by atoms with Crippen LogP contribution in [0, 0.1) is 17.8 Å². The van der Waals surface area contributed by atoms with E-state index in [2.05, 4.69) is 33.1 Å². The third kappa shape index (κ3) is 11.5. The van der Waals surface area contributed by atoms with Crippen LogP contribution >= 0.6 is 0 Å². The Morgan fingerprint density at radius 3 is 1.67 bits per heavy atom. The molecule has 3 aliphatic rings. The van der Waals surface area contributed by atoms with Crippen LogP contribution < -0.4 is 11.1 Å². The van der Waals surface area contributed by atoms with E-state index in [1.807, 2.05) is 7.11 Å². The van der Waals surface area contributed by atoms with Crippen molar-refractivity contribution in [3.05, 3.63) is 0 Å². The Kier molecular flexibility index (Phi) is 13.7. The molecule has 3 rings (SSSR count). The maximum atomic E-state index is 5.75. The first-order chi connectivity index (χ1) is 13.0. The maximum absolute atomic E-state index is 5.75. The smallest absolute Gasteiger partial charge is 0.0571 e. The highest BCUT2D eigenvalue weighted by Gasteiger charge is 2.17. The molecule has 0 aromatic rings. The molecule has 0 aromatic carbocycles. The van der Waals surface area contributed by atoms with Crippen molar-refractivity contribution in [3.8, 4) is 0 Å². The highest BCUT2D eigenvalue weighted by molar-refractivity contribution is 4.74. The van der Waals surface area contributed by atoms with Gasteiger partial charge in [0.1, 0.15) is 0 Å². The summed E-state index contributed by atoms with van der Waals surface area (Å²) in [5, 5.41) is 3.32. The zero-order valence-electron chi connectivity index (χ0n) is 19.1. The van der Waals surface area contributed by atoms with E-state index in [1.165, 1.54) is 83.5 Å². The zero-order valence-corrected chi connectivity index (χ0v) is 19.1. The van der Waals surface area contributed by atoms with E-state index in [-0.39, 0.29) is 0 Å². The summed E-state index contributed by atoms with van der Waals surface area (Å²) in [4.78, 5) is 0. The van der Waals surface area contributed by atoms with E-state index in [1.54, 1.807) is 0 Å². The number of hydrogen-bond donors (Lipinski definition) is 2. The summed E-state index contributed by atoms with van der Waals surface area (Å²) in [6, 6.07) is 1.34. The third-order valence-electron chi connectivity index (χ3n) is 7.19. The van der Waals surface area contributed by atoms with E-state index in [0.29, 0.717) is 12.1 Å². The second-order valence-electron chi connectivity index (χ2n) is 9.55. The zero-order chi connectivity index (χ0) is 20.1. The Balaban J connectivity index is 0.000000202. The quantitative estimate of drug-likeness (QED) is 0.638. The first-order valence-corrected chi connectivity index (χ1v) is 11.9. The molecule has 162 valence electrons. The third-order valence-corrected chi connectivity index (χ3v) is 7.19. The molecular formula is C24H50N2O. The molecule has 0 heterocycles. The molecule has 27 heavy (non-hydrogen) atoms. The van der Waals surface area contributed by atoms with Crippen LogP contribution in [0.15, 0.2) is 0 Å². The van der Waals surface area contributed by atoms with Crippen LogP contribution in [0.5, 0.6) is 0 Å². The van der Waals surface area contributed by atoms with Gasteiger partial charge in [-0.1, -0.05) is 27.2 Å². The Hall–Kier alpha value is -0.120. The molecule has 0 saturated heterocycles. The van der Waals surface area contributed by atoms with Crippen molar-refractivity contribution in [3.63, 3.8) is 0 Å². The second kappa shape index (κ2) is 14.8. The predicted molar refractivity (Wildman–Crippen MR) is 119 cm³/mol. The molecule has 0 unspecified atom stereocenters. The standard InChI is InChI=1S/2C8H17N.C8H16O/c1-7-3-5-8(9-2)6-4-7;1-2-7-3-5-8(9)6-4-7;1-7-3-5-8(9-2)6-4-7/h7-9H,3-6H2,1-2H3;7-8H,2-6,9H2,1H3;7-8H,3-6H2,1-2H3. The van der Waals surface area contributed by atoms with E-state index >= 15 is 0 Å². The summed E-state index contributed by atoms with van der Waals surface area (Å²) in [5.41, 5.74) is 5.75. The second-order valence-corrected chi connectivity index (χ2v) is 9.55. The van der Waals surface area contributed by atoms with Crippen LogP contribution in [0.2, 0.25) is 0 Å². The first kappa shape index (κ1) is 24.9. The van der Waals surface area contributed by atoms with Gasteiger partial charge in [-0.15, -0.1) is 0 Å². The SMILES string of the molecule is CCC1CCC(N)CC1.CNC1CCC(C)CC1.COC1CCC(C)CC1. The van der Waals surface area contributed by atoms with E-state index in [4.69, 9.17) is 10.5 Å². The molecule has 0 radical (unpaired) electrons. The molecule has 3 nitrogen and oxygen atoms in total. The van der Waals surface area contributed by atoms with E-state index < -0.39 is 0 Å². The van der Waals surface area contributed by atoms with Crippen molar-refractivity contribution >= 4 is 0 Å². The van der Waals surface area contributed by atoms with Gasteiger partial charge in [0.2, 0.25) is 0 Å². The van der Waals surface area contributed by atoms with Crippen LogP contribution in [0.4, 0.5) is 0 Å². The van der Waals surface area contributed by atoms with Crippen LogP contribution in [-0.4, -0.2) is 32.3 Å². The van der Waals surface area contributed by atoms with Crippen molar-refractivity contribution in [1.82, 2.24) is 5.32 Å². The molecule has 0 aromatic heterocycles. The summed E-state index contributed by atoms with van der Waals surface area (Å²) in [6.07, 6.45) is 18.1. The highest BCUT2D eigenvalue weighted by atomic mass is 16.5. The first-order valence-electron chi connectivity index (χ1n) is 11.9. The van der Waals surface area contributed by atoms with Gasteiger partial charge in [0.15, 0.2) is 0 Å². The summed E-state index contributed by atoms with van der Waals surface area (Å²) < 4.78 is 5.24. The fraction of sp³-hybridized carbons (Fsp3) is 1.00. The summed E-state index contributed by atoms with van der Waals surface area (Å²) in [7, 11) is 3.89. The van der Waals surface area contributed by atoms with Crippen molar-refractivity contribution in [1.29, 1.82) is 0 Å². The lowest BCUT2D eigenvalue weighted by molar-refractivity contribution is 0.0593. The van der Waals surface area contributed by atoms with Crippen molar-refractivity contribution in [2.24, 2.45) is 23.5 Å². The van der Waals surface area contributed by atoms with Gasteiger partial charge in [-0.05, 0) is 102 Å². The number of rotatable bonds is 3. The minimum absolute atomic E-state index is 0.521. The molecule has 3 aliphatic carbocycles. The molecule has 0 aliphatic heterocycles. The van der Waals surface area contributed by atoms with Gasteiger partial charge in [0.05, 0.1) is 6.10 Å². The van der Waals surface area contributed by atoms with E-state index in [9.17, 15) is 0 Å². The number of nitrogens with two attached hydrogens (primary N) is 1. The van der Waals surface area contributed by atoms with Gasteiger partial charge < -0.3 is 15.8 Å². The van der Waals surface area contributed by atoms with Crippen molar-refractivity contribution in [2.45, 2.75) is 122 Å². The van der Waals surface area contributed by atoms with Crippen LogP contribution in [0.25, 0.3) is 0 Å². The fourth-order valence-electron chi connectivity index (χ4n) is 4.61. The Bertz CT molecular complexity index is 273. The summed E-state index contributed by atoms with van der Waals surface area (Å²) in [5.74, 6) is 2.91. The lowest BCUT2D eigenvalue weighted by atomic mass is 9.85. The monoisotopic (exact) mass is 382 g/mol. The minimum Gasteiger partial charge on any atom is -0.381 e. The predicted octanol–water partition coefficient (Wildman–Crippen LogP) is 5.91. The topological polar surface area (TPSA) is 47.3 Å². The largest absolute Gasteiger partial charge is 0.381 e. The minimum atomic E-state index is 0.521. The van der Waals surface area contributed by atoms with Gasteiger partial charge in [0, 0.05) is 19.2 Å². The molecule has 3 saturated carbocycles. The number of ether oxygens (including phenoxy) is 1. The lowest BCUT2D eigenvalue weighted by Gasteiger charge is -2.25. The summed E-state index contributed by atoms with van der Waals surface area (Å²) in [6.45, 7) is 6.96. The Morgan fingerprint density at radius 1 is 0.778 bits per heavy atom. The van der Waals surface area contributed by atoms with Gasteiger partial charge in [-0.25, -0.2) is 0 Å². The lowest BCUT2D eigenvalue weighted by Crippen LogP contribution is -2.29. The molecule has 0 amide bonds. The van der Waals surface area contributed by atoms with Gasteiger partial charge in [-0.2, -0.15) is 0 Å². The molecule has 0 spiro atoms. The maximum Gasteiger partial charge on any atom is 0.0571 e.